The molecule has 154 valence electrons. The van der Waals surface area contributed by atoms with Crippen molar-refractivity contribution in [2.24, 2.45) is 0 Å². The zero-order valence-corrected chi connectivity index (χ0v) is 16.5. The van der Waals surface area contributed by atoms with Gasteiger partial charge in [0.05, 0.1) is 35.8 Å². The Morgan fingerprint density at radius 3 is 2.58 bits per heavy atom. The van der Waals surface area contributed by atoms with Crippen LogP contribution in [-0.4, -0.2) is 43.2 Å². The minimum absolute atomic E-state index is 0.0970. The second-order valence-corrected chi connectivity index (χ2v) is 7.84. The number of hydrogen-bond acceptors (Lipinski definition) is 4. The van der Waals surface area contributed by atoms with Crippen molar-refractivity contribution in [3.05, 3.63) is 73.4 Å². The van der Waals surface area contributed by atoms with Gasteiger partial charge in [0.2, 0.25) is 0 Å². The fraction of sp³-hybridized carbons (Fsp3) is 0.174. The molecule has 31 heavy (non-hydrogen) atoms. The molecule has 0 unspecified atom stereocenters. The molecule has 0 atom stereocenters. The van der Waals surface area contributed by atoms with E-state index in [9.17, 15) is 8.78 Å². The average molecular weight is 416 g/mol. The first-order valence-electron chi connectivity index (χ1n) is 10.1. The van der Waals surface area contributed by atoms with Gasteiger partial charge in [-0.15, -0.1) is 0 Å². The molecular weight excluding hydrogens is 398 g/mol. The van der Waals surface area contributed by atoms with Crippen molar-refractivity contribution in [3.63, 3.8) is 0 Å². The first-order valence-corrected chi connectivity index (χ1v) is 10.1. The number of rotatable bonds is 3. The molecule has 0 radical (unpaired) electrons. The summed E-state index contributed by atoms with van der Waals surface area (Å²) in [5.41, 5.74) is 5.23. The number of alkyl halides is 2. The van der Waals surface area contributed by atoms with Gasteiger partial charge in [-0.2, -0.15) is 5.10 Å². The molecule has 8 heteroatoms. The Morgan fingerprint density at radius 2 is 1.77 bits per heavy atom. The van der Waals surface area contributed by atoms with Crippen LogP contribution in [0, 0.1) is 0 Å². The Morgan fingerprint density at radius 1 is 0.935 bits per heavy atom. The lowest BCUT2D eigenvalue weighted by atomic mass is 10.1. The monoisotopic (exact) mass is 416 g/mol. The van der Waals surface area contributed by atoms with Crippen molar-refractivity contribution in [2.45, 2.75) is 12.3 Å². The molecule has 1 saturated heterocycles. The predicted molar refractivity (Wildman–Crippen MR) is 115 cm³/mol. The smallest absolute Gasteiger partial charge is 0.266 e. The Labute approximate surface area is 176 Å². The Bertz CT molecular complexity index is 1400. The maximum atomic E-state index is 13.5. The summed E-state index contributed by atoms with van der Waals surface area (Å²) in [5, 5.41) is 5.55. The van der Waals surface area contributed by atoms with E-state index >= 15 is 0 Å². The summed E-state index contributed by atoms with van der Waals surface area (Å²) in [6.45, 7) is 0.142. The summed E-state index contributed by atoms with van der Waals surface area (Å²) < 4.78 is 30.9. The molecule has 6 nitrogen and oxygen atoms in total. The normalized spacial score (nSPS) is 15.9. The van der Waals surface area contributed by atoms with E-state index in [-0.39, 0.29) is 13.0 Å². The Hall–Kier alpha value is -3.81. The molecule has 0 aliphatic carbocycles. The summed E-state index contributed by atoms with van der Waals surface area (Å²) in [5.74, 6) is -2.61. The van der Waals surface area contributed by atoms with Gasteiger partial charge in [0, 0.05) is 48.2 Å². The van der Waals surface area contributed by atoms with Crippen LogP contribution in [0.5, 0.6) is 0 Å². The molecule has 5 aromatic rings. The summed E-state index contributed by atoms with van der Waals surface area (Å²) >= 11 is 0. The van der Waals surface area contributed by atoms with Gasteiger partial charge in [-0.3, -0.25) is 4.98 Å². The molecule has 4 heterocycles. The number of halogens is 2. The first-order chi connectivity index (χ1) is 15.1. The van der Waals surface area contributed by atoms with Crippen LogP contribution in [0.3, 0.4) is 0 Å². The van der Waals surface area contributed by atoms with Crippen molar-refractivity contribution >= 4 is 22.2 Å². The SMILES string of the molecule is FC1(F)CCN(c2ccc(-n3ncc4ccc(-c5cn6ccnc6cn5)cc43)cc2)C1. The molecule has 0 spiro atoms. The van der Waals surface area contributed by atoms with Crippen LogP contribution in [0.1, 0.15) is 6.42 Å². The van der Waals surface area contributed by atoms with Crippen LogP contribution >= 0.6 is 0 Å². The van der Waals surface area contributed by atoms with Crippen LogP contribution < -0.4 is 4.90 Å². The van der Waals surface area contributed by atoms with E-state index in [1.165, 1.54) is 0 Å². The number of imidazole rings is 1. The fourth-order valence-corrected chi connectivity index (χ4v) is 4.12. The van der Waals surface area contributed by atoms with Crippen molar-refractivity contribution < 1.29 is 8.78 Å². The zero-order chi connectivity index (χ0) is 21.0. The molecule has 1 fully saturated rings. The molecule has 0 saturated carbocycles. The molecule has 6 rings (SSSR count). The van der Waals surface area contributed by atoms with Crippen LogP contribution in [0.2, 0.25) is 0 Å². The van der Waals surface area contributed by atoms with E-state index < -0.39 is 5.92 Å². The van der Waals surface area contributed by atoms with E-state index in [4.69, 9.17) is 0 Å². The lowest BCUT2D eigenvalue weighted by Gasteiger charge is -2.18. The number of nitrogens with zero attached hydrogens (tertiary/aromatic N) is 6. The highest BCUT2D eigenvalue weighted by atomic mass is 19.3. The third kappa shape index (κ3) is 3.11. The van der Waals surface area contributed by atoms with E-state index in [0.717, 1.165) is 39.2 Å². The van der Waals surface area contributed by atoms with Gasteiger partial charge < -0.3 is 9.30 Å². The van der Waals surface area contributed by atoms with Gasteiger partial charge in [0.15, 0.2) is 5.65 Å². The van der Waals surface area contributed by atoms with Crippen molar-refractivity contribution in [2.75, 3.05) is 18.0 Å². The van der Waals surface area contributed by atoms with Gasteiger partial charge in [-0.1, -0.05) is 12.1 Å². The summed E-state index contributed by atoms with van der Waals surface area (Å²) in [6, 6.07) is 13.7. The molecular formula is C23H18F2N6. The van der Waals surface area contributed by atoms with Crippen LogP contribution in [0.4, 0.5) is 14.5 Å². The highest BCUT2D eigenvalue weighted by Crippen LogP contribution is 2.31. The van der Waals surface area contributed by atoms with Gasteiger partial charge in [0.25, 0.3) is 5.92 Å². The zero-order valence-electron chi connectivity index (χ0n) is 16.5. The lowest BCUT2D eigenvalue weighted by molar-refractivity contribution is 0.0257. The van der Waals surface area contributed by atoms with Gasteiger partial charge in [-0.05, 0) is 30.3 Å². The number of fused-ring (bicyclic) bond motifs is 2. The summed E-state index contributed by atoms with van der Waals surface area (Å²) in [6.07, 6.45) is 9.05. The van der Waals surface area contributed by atoms with Crippen molar-refractivity contribution in [1.29, 1.82) is 0 Å². The second kappa shape index (κ2) is 6.60. The van der Waals surface area contributed by atoms with Gasteiger partial charge >= 0.3 is 0 Å². The summed E-state index contributed by atoms with van der Waals surface area (Å²) in [4.78, 5) is 10.5. The van der Waals surface area contributed by atoms with Crippen LogP contribution in [0.25, 0.3) is 33.5 Å². The minimum atomic E-state index is -2.61. The maximum Gasteiger partial charge on any atom is 0.266 e. The Kier molecular flexibility index (Phi) is 3.83. The van der Waals surface area contributed by atoms with Crippen LogP contribution in [-0.2, 0) is 0 Å². The van der Waals surface area contributed by atoms with E-state index in [2.05, 4.69) is 21.1 Å². The minimum Gasteiger partial charge on any atom is -0.365 e. The highest BCUT2D eigenvalue weighted by Gasteiger charge is 2.38. The van der Waals surface area contributed by atoms with E-state index in [1.807, 2.05) is 64.1 Å². The standard InChI is InChI=1S/C23H18F2N6/c24-23(25)7-9-30(15-23)18-3-5-19(6-4-18)31-21-11-16(1-2-17(21)12-28-31)20-14-29-10-8-26-22(29)13-27-20/h1-6,8,10-14H,7,9,15H2. The number of benzene rings is 2. The molecule has 0 N–H and O–H groups in total. The molecule has 2 aromatic carbocycles. The maximum absolute atomic E-state index is 13.5. The molecule has 1 aliphatic heterocycles. The van der Waals surface area contributed by atoms with Gasteiger partial charge in [-0.25, -0.2) is 18.4 Å². The first kappa shape index (κ1) is 18.0. The third-order valence-electron chi connectivity index (χ3n) is 5.77. The molecule has 0 amide bonds. The van der Waals surface area contributed by atoms with Gasteiger partial charge in [0.1, 0.15) is 0 Å². The highest BCUT2D eigenvalue weighted by molar-refractivity contribution is 5.85. The Balaban J connectivity index is 1.36. The quantitative estimate of drug-likeness (QED) is 0.432. The average Bonchev–Trinajstić information content (AvgIpc) is 3.50. The number of aromatic nitrogens is 5. The fourth-order valence-electron chi connectivity index (χ4n) is 4.12. The molecule has 0 bridgehead atoms. The largest absolute Gasteiger partial charge is 0.365 e. The number of anilines is 1. The van der Waals surface area contributed by atoms with E-state index in [1.54, 1.807) is 17.3 Å². The predicted octanol–water partition coefficient (Wildman–Crippen LogP) is 4.58. The molecule has 1 aliphatic rings. The van der Waals surface area contributed by atoms with Crippen molar-refractivity contribution in [3.8, 4) is 16.9 Å². The van der Waals surface area contributed by atoms with Crippen molar-refractivity contribution in [1.82, 2.24) is 24.1 Å². The van der Waals surface area contributed by atoms with E-state index in [0.29, 0.717) is 6.54 Å². The van der Waals surface area contributed by atoms with Crippen LogP contribution in [0.15, 0.2) is 73.4 Å². The topological polar surface area (TPSA) is 51.2 Å². The second-order valence-electron chi connectivity index (χ2n) is 7.84. The third-order valence-corrected chi connectivity index (χ3v) is 5.77. The molecule has 3 aromatic heterocycles. The summed E-state index contributed by atoms with van der Waals surface area (Å²) in [7, 11) is 0. The number of hydrogen-bond donors (Lipinski definition) is 0. The lowest BCUT2D eigenvalue weighted by Crippen LogP contribution is -2.24.